The van der Waals surface area contributed by atoms with Crippen LogP contribution in [0.3, 0.4) is 0 Å². The van der Waals surface area contributed by atoms with Gasteiger partial charge in [0.15, 0.2) is 0 Å². The van der Waals surface area contributed by atoms with Crippen LogP contribution in [0.2, 0.25) is 0 Å². The Hall–Kier alpha value is -3.48. The number of azo groups is 1. The van der Waals surface area contributed by atoms with Crippen molar-refractivity contribution >= 4 is 17.2 Å². The molecule has 0 aliphatic carbocycles. The Morgan fingerprint density at radius 2 is 2.07 bits per heavy atom. The molecule has 158 valence electrons. The Kier molecular flexibility index (Phi) is 5.73. The Bertz CT molecular complexity index is 1190. The van der Waals surface area contributed by atoms with Crippen LogP contribution in [0.25, 0.3) is 5.65 Å². The van der Waals surface area contributed by atoms with E-state index in [-0.39, 0.29) is 28.9 Å². The maximum absolute atomic E-state index is 12.8. The summed E-state index contributed by atoms with van der Waals surface area (Å²) in [5, 5.41) is 29.0. The fourth-order valence-electron chi connectivity index (χ4n) is 2.74. The monoisotopic (exact) mass is 410 g/mol. The molecule has 3 rings (SSSR count). The summed E-state index contributed by atoms with van der Waals surface area (Å²) in [6.07, 6.45) is 1.16. The molecule has 0 spiro atoms. The van der Waals surface area contributed by atoms with E-state index in [0.29, 0.717) is 23.3 Å². The predicted molar refractivity (Wildman–Crippen MR) is 112 cm³/mol. The molecule has 0 fully saturated rings. The number of nitrogens with zero attached hydrogens (tertiary/aromatic N) is 6. The van der Waals surface area contributed by atoms with Crippen LogP contribution in [0.15, 0.2) is 21.1 Å². The molecule has 30 heavy (non-hydrogen) atoms. The van der Waals surface area contributed by atoms with Crippen LogP contribution in [-0.2, 0) is 11.8 Å². The molecule has 0 amide bonds. The number of rotatable bonds is 6. The molecule has 3 aromatic rings. The van der Waals surface area contributed by atoms with E-state index in [1.54, 1.807) is 0 Å². The van der Waals surface area contributed by atoms with Crippen LogP contribution in [-0.4, -0.2) is 30.9 Å². The third kappa shape index (κ3) is 3.96. The van der Waals surface area contributed by atoms with E-state index < -0.39 is 5.56 Å². The molecule has 0 saturated heterocycles. The van der Waals surface area contributed by atoms with Gasteiger partial charge in [-0.2, -0.15) is 20.0 Å². The average Bonchev–Trinajstić information content (AvgIpc) is 3.30. The second kappa shape index (κ2) is 8.10. The minimum Gasteiger partial charge on any atom is -0.473 e. The van der Waals surface area contributed by atoms with Crippen molar-refractivity contribution in [2.45, 2.75) is 65.9 Å². The molecule has 3 heterocycles. The number of ether oxygens (including phenoxy) is 1. The van der Waals surface area contributed by atoms with E-state index in [1.165, 1.54) is 4.52 Å². The van der Waals surface area contributed by atoms with Crippen molar-refractivity contribution in [3.05, 3.63) is 33.4 Å². The van der Waals surface area contributed by atoms with Gasteiger partial charge >= 0.3 is 0 Å². The third-order valence-electron chi connectivity index (χ3n) is 4.75. The number of aromatic amines is 2. The Morgan fingerprint density at radius 3 is 2.67 bits per heavy atom. The van der Waals surface area contributed by atoms with Crippen molar-refractivity contribution < 1.29 is 4.74 Å². The van der Waals surface area contributed by atoms with E-state index in [4.69, 9.17) is 4.74 Å². The zero-order valence-electron chi connectivity index (χ0n) is 18.1. The average molecular weight is 410 g/mol. The zero-order valence-corrected chi connectivity index (χ0v) is 18.1. The van der Waals surface area contributed by atoms with Crippen molar-refractivity contribution in [3.8, 4) is 11.9 Å². The maximum Gasteiger partial charge on any atom is 0.283 e. The number of nitrogens with one attached hydrogen (secondary N) is 2. The minimum absolute atomic E-state index is 0.0312. The summed E-state index contributed by atoms with van der Waals surface area (Å²) >= 11 is 0. The highest BCUT2D eigenvalue weighted by Crippen LogP contribution is 2.30. The Balaban J connectivity index is 2.19. The summed E-state index contributed by atoms with van der Waals surface area (Å²) in [6.45, 7) is 11.9. The molecule has 3 aromatic heterocycles. The van der Waals surface area contributed by atoms with Gasteiger partial charge in [-0.1, -0.05) is 34.6 Å². The van der Waals surface area contributed by atoms with Crippen LogP contribution in [0.5, 0.6) is 5.88 Å². The van der Waals surface area contributed by atoms with Crippen molar-refractivity contribution in [2.24, 2.45) is 10.2 Å². The van der Waals surface area contributed by atoms with Gasteiger partial charge in [0.2, 0.25) is 11.5 Å². The second-order valence-corrected chi connectivity index (χ2v) is 8.09. The Labute approximate surface area is 174 Å². The number of hydrogen-bond donors (Lipinski definition) is 2. The lowest BCUT2D eigenvalue weighted by Gasteiger charge is -2.15. The summed E-state index contributed by atoms with van der Waals surface area (Å²) in [5.74, 6) is 0.325. The molecule has 10 nitrogen and oxygen atoms in total. The normalized spacial score (nSPS) is 13.1. The first-order chi connectivity index (χ1) is 14.2. The predicted octanol–water partition coefficient (Wildman–Crippen LogP) is 4.07. The van der Waals surface area contributed by atoms with Crippen LogP contribution < -0.4 is 10.3 Å². The number of H-pyrrole nitrogens is 2. The fraction of sp³-hybridized carbons (Fsp3) is 0.500. The van der Waals surface area contributed by atoms with Gasteiger partial charge in [-0.3, -0.25) is 9.89 Å². The molecule has 0 saturated carbocycles. The fourth-order valence-corrected chi connectivity index (χ4v) is 2.74. The van der Waals surface area contributed by atoms with E-state index in [2.05, 4.69) is 36.6 Å². The SMILES string of the molecule is CCc1[nH]nc(/N=N/c2c(OC(C)CC)n3nc(C(C)(C)C)cc3[nH]c2=O)c1C#N. The van der Waals surface area contributed by atoms with Crippen LogP contribution in [0.1, 0.15) is 64.9 Å². The highest BCUT2D eigenvalue weighted by Gasteiger charge is 2.23. The molecule has 1 unspecified atom stereocenters. The zero-order chi connectivity index (χ0) is 22.1. The number of hydrogen-bond acceptors (Lipinski definition) is 7. The van der Waals surface area contributed by atoms with Gasteiger partial charge in [0.05, 0.1) is 17.5 Å². The number of fused-ring (bicyclic) bond motifs is 1. The summed E-state index contributed by atoms with van der Waals surface area (Å²) in [5.41, 5.74) is 1.56. The van der Waals surface area contributed by atoms with Gasteiger partial charge in [0, 0.05) is 11.5 Å². The standard InChI is InChI=1S/C20H26N8O2/c1-7-11(3)30-19-16(24-26-17-12(10-21)13(8-2)23-25-17)18(29)22-15-9-14(20(4,5)6)27-28(15)19/h9,11H,7-8H2,1-6H3,(H,22,29)(H,23,25)/b26-24+. The molecule has 0 aliphatic rings. The van der Waals surface area contributed by atoms with Crippen molar-refractivity contribution in [3.63, 3.8) is 0 Å². The summed E-state index contributed by atoms with van der Waals surface area (Å²) < 4.78 is 7.56. The minimum atomic E-state index is -0.463. The number of aryl methyl sites for hydroxylation is 1. The third-order valence-corrected chi connectivity index (χ3v) is 4.75. The number of nitriles is 1. The van der Waals surface area contributed by atoms with Gasteiger partial charge in [-0.25, -0.2) is 0 Å². The molecule has 0 aliphatic heterocycles. The summed E-state index contributed by atoms with van der Waals surface area (Å²) in [4.78, 5) is 15.6. The van der Waals surface area contributed by atoms with Gasteiger partial charge < -0.3 is 9.72 Å². The highest BCUT2D eigenvalue weighted by atomic mass is 16.5. The van der Waals surface area contributed by atoms with Crippen LogP contribution in [0.4, 0.5) is 11.5 Å². The quantitative estimate of drug-likeness (QED) is 0.590. The lowest BCUT2D eigenvalue weighted by molar-refractivity contribution is 0.203. The van der Waals surface area contributed by atoms with Crippen LogP contribution in [0, 0.1) is 11.3 Å². The van der Waals surface area contributed by atoms with Crippen molar-refractivity contribution in [2.75, 3.05) is 0 Å². The van der Waals surface area contributed by atoms with E-state index >= 15 is 0 Å². The lowest BCUT2D eigenvalue weighted by Crippen LogP contribution is -2.18. The molecule has 2 N–H and O–H groups in total. The summed E-state index contributed by atoms with van der Waals surface area (Å²) in [7, 11) is 0. The number of aromatic nitrogens is 5. The van der Waals surface area contributed by atoms with Gasteiger partial charge in [0.25, 0.3) is 11.4 Å². The first kappa shape index (κ1) is 21.2. The topological polar surface area (TPSA) is 137 Å². The van der Waals surface area contributed by atoms with Crippen LogP contribution >= 0.6 is 0 Å². The summed E-state index contributed by atoms with van der Waals surface area (Å²) in [6, 6.07) is 3.89. The van der Waals surface area contributed by atoms with Crippen molar-refractivity contribution in [1.82, 2.24) is 24.8 Å². The van der Waals surface area contributed by atoms with Crippen molar-refractivity contribution in [1.29, 1.82) is 5.26 Å². The molecule has 0 bridgehead atoms. The van der Waals surface area contributed by atoms with Gasteiger partial charge in [0.1, 0.15) is 17.3 Å². The molecule has 10 heteroatoms. The molecule has 0 aromatic carbocycles. The maximum atomic E-state index is 12.8. The highest BCUT2D eigenvalue weighted by molar-refractivity contribution is 5.55. The molecule has 0 radical (unpaired) electrons. The molecular weight excluding hydrogens is 384 g/mol. The largest absolute Gasteiger partial charge is 0.473 e. The smallest absolute Gasteiger partial charge is 0.283 e. The first-order valence-corrected chi connectivity index (χ1v) is 9.91. The lowest BCUT2D eigenvalue weighted by atomic mass is 9.93. The second-order valence-electron chi connectivity index (χ2n) is 8.09. The van der Waals surface area contributed by atoms with E-state index in [1.807, 2.05) is 47.6 Å². The Morgan fingerprint density at radius 1 is 1.33 bits per heavy atom. The molecular formula is C20H26N8O2. The first-order valence-electron chi connectivity index (χ1n) is 9.91. The molecule has 1 atom stereocenters. The van der Waals surface area contributed by atoms with Gasteiger partial charge in [-0.05, 0) is 19.8 Å². The van der Waals surface area contributed by atoms with Gasteiger partial charge in [-0.15, -0.1) is 10.2 Å². The van der Waals surface area contributed by atoms with E-state index in [0.717, 1.165) is 12.1 Å². The van der Waals surface area contributed by atoms with E-state index in [9.17, 15) is 10.1 Å².